The molecule has 0 aliphatic rings. The van der Waals surface area contributed by atoms with Crippen LogP contribution >= 0.6 is 7.37 Å². The number of methoxy groups -OCH3 is 1. The van der Waals surface area contributed by atoms with Gasteiger partial charge in [-0.15, -0.1) is 0 Å². The topological polar surface area (TPSA) is 35.5 Å². The van der Waals surface area contributed by atoms with Gasteiger partial charge >= 0.3 is 0 Å². The summed E-state index contributed by atoms with van der Waals surface area (Å²) in [5.41, 5.74) is 0. The van der Waals surface area contributed by atoms with E-state index in [-0.39, 0.29) is 0 Å². The highest BCUT2D eigenvalue weighted by molar-refractivity contribution is 7.66. The Morgan fingerprint density at radius 3 is 2.44 bits per heavy atom. The van der Waals surface area contributed by atoms with Crippen molar-refractivity contribution in [3.05, 3.63) is 36.4 Å². The number of benzene rings is 2. The molecule has 2 aromatic rings. The van der Waals surface area contributed by atoms with E-state index in [0.29, 0.717) is 6.61 Å². The SMILES string of the molecule is CCOP(C)(=O)c1cccc2c(OC)cccc12. The number of rotatable bonds is 4. The van der Waals surface area contributed by atoms with Crippen LogP contribution in [0.3, 0.4) is 0 Å². The maximum absolute atomic E-state index is 12.6. The first-order valence-corrected chi connectivity index (χ1v) is 7.95. The maximum atomic E-state index is 12.6. The molecule has 0 saturated carbocycles. The summed E-state index contributed by atoms with van der Waals surface area (Å²) < 4.78 is 23.3. The zero-order valence-electron chi connectivity index (χ0n) is 10.8. The van der Waals surface area contributed by atoms with Gasteiger partial charge in [0.05, 0.1) is 13.7 Å². The van der Waals surface area contributed by atoms with Crippen molar-refractivity contribution < 1.29 is 13.8 Å². The first-order chi connectivity index (χ1) is 8.60. The molecule has 0 bridgehead atoms. The van der Waals surface area contributed by atoms with Crippen molar-refractivity contribution in [3.63, 3.8) is 0 Å². The van der Waals surface area contributed by atoms with Crippen LogP contribution in [0.2, 0.25) is 0 Å². The molecule has 1 unspecified atom stereocenters. The molecular weight excluding hydrogens is 247 g/mol. The quantitative estimate of drug-likeness (QED) is 0.794. The van der Waals surface area contributed by atoms with Crippen molar-refractivity contribution in [1.29, 1.82) is 0 Å². The Kier molecular flexibility index (Phi) is 3.74. The molecule has 4 heteroatoms. The van der Waals surface area contributed by atoms with Gasteiger partial charge in [-0.2, -0.15) is 0 Å². The fourth-order valence-corrected chi connectivity index (χ4v) is 3.73. The highest BCUT2D eigenvalue weighted by Crippen LogP contribution is 2.43. The summed E-state index contributed by atoms with van der Waals surface area (Å²) >= 11 is 0. The normalized spacial score (nSPS) is 14.4. The Morgan fingerprint density at radius 2 is 1.78 bits per heavy atom. The number of hydrogen-bond donors (Lipinski definition) is 0. The van der Waals surface area contributed by atoms with Crippen LogP contribution in [0, 0.1) is 0 Å². The van der Waals surface area contributed by atoms with Gasteiger partial charge in [-0.25, -0.2) is 0 Å². The van der Waals surface area contributed by atoms with E-state index in [1.165, 1.54) is 0 Å². The highest BCUT2D eigenvalue weighted by Gasteiger charge is 2.21. The van der Waals surface area contributed by atoms with E-state index in [2.05, 4.69) is 0 Å². The summed E-state index contributed by atoms with van der Waals surface area (Å²) in [6, 6.07) is 11.4. The summed E-state index contributed by atoms with van der Waals surface area (Å²) in [5, 5.41) is 2.64. The van der Waals surface area contributed by atoms with E-state index in [4.69, 9.17) is 9.26 Å². The Bertz CT molecular complexity index is 607. The molecule has 0 radical (unpaired) electrons. The fourth-order valence-electron chi connectivity index (χ4n) is 2.11. The highest BCUT2D eigenvalue weighted by atomic mass is 31.2. The van der Waals surface area contributed by atoms with E-state index in [1.54, 1.807) is 13.8 Å². The molecule has 2 aromatic carbocycles. The summed E-state index contributed by atoms with van der Waals surface area (Å²) in [6.45, 7) is 3.95. The molecule has 0 aliphatic carbocycles. The van der Waals surface area contributed by atoms with Gasteiger partial charge in [0, 0.05) is 17.4 Å². The van der Waals surface area contributed by atoms with Crippen molar-refractivity contribution in [2.75, 3.05) is 20.4 Å². The predicted molar refractivity (Wildman–Crippen MR) is 75.3 cm³/mol. The van der Waals surface area contributed by atoms with Gasteiger partial charge in [0.25, 0.3) is 0 Å². The zero-order valence-corrected chi connectivity index (χ0v) is 11.7. The van der Waals surface area contributed by atoms with Gasteiger partial charge in [-0.3, -0.25) is 4.57 Å². The van der Waals surface area contributed by atoms with Gasteiger partial charge < -0.3 is 9.26 Å². The van der Waals surface area contributed by atoms with E-state index < -0.39 is 7.37 Å². The monoisotopic (exact) mass is 264 g/mol. The Morgan fingerprint density at radius 1 is 1.11 bits per heavy atom. The fraction of sp³-hybridized carbons (Fsp3) is 0.286. The van der Waals surface area contributed by atoms with Crippen molar-refractivity contribution in [2.45, 2.75) is 6.92 Å². The van der Waals surface area contributed by atoms with Gasteiger partial charge in [0.2, 0.25) is 7.37 Å². The van der Waals surface area contributed by atoms with Crippen LogP contribution in [0.15, 0.2) is 36.4 Å². The molecule has 1 atom stereocenters. The smallest absolute Gasteiger partial charge is 0.229 e. The molecule has 2 rings (SSSR count). The predicted octanol–water partition coefficient (Wildman–Crippen LogP) is 3.42. The Labute approximate surface area is 107 Å². The van der Waals surface area contributed by atoms with Gasteiger partial charge in [-0.1, -0.05) is 24.3 Å². The lowest BCUT2D eigenvalue weighted by Gasteiger charge is -2.16. The zero-order chi connectivity index (χ0) is 13.2. The van der Waals surface area contributed by atoms with E-state index in [1.807, 2.05) is 43.3 Å². The van der Waals surface area contributed by atoms with Crippen molar-refractivity contribution in [1.82, 2.24) is 0 Å². The molecule has 0 amide bonds. The number of fused-ring (bicyclic) bond motifs is 1. The molecular formula is C14H17O3P. The summed E-state index contributed by atoms with van der Waals surface area (Å²) in [4.78, 5) is 0. The molecule has 0 heterocycles. The number of ether oxygens (including phenoxy) is 1. The Balaban J connectivity index is 2.70. The minimum Gasteiger partial charge on any atom is -0.496 e. The summed E-state index contributed by atoms with van der Waals surface area (Å²) in [5.74, 6) is 0.783. The average Bonchev–Trinajstić information content (AvgIpc) is 2.37. The first kappa shape index (κ1) is 13.1. The lowest BCUT2D eigenvalue weighted by atomic mass is 10.1. The average molecular weight is 264 g/mol. The van der Waals surface area contributed by atoms with Crippen LogP contribution in [0.4, 0.5) is 0 Å². The molecule has 0 spiro atoms. The van der Waals surface area contributed by atoms with Gasteiger partial charge in [-0.05, 0) is 24.4 Å². The van der Waals surface area contributed by atoms with E-state index in [9.17, 15) is 4.57 Å². The third kappa shape index (κ3) is 2.29. The van der Waals surface area contributed by atoms with Crippen molar-refractivity contribution >= 4 is 23.4 Å². The molecule has 18 heavy (non-hydrogen) atoms. The molecule has 0 saturated heterocycles. The molecule has 0 aliphatic heterocycles. The standard InChI is InChI=1S/C14H17O3P/c1-4-17-18(3,15)14-10-6-7-11-12(14)8-5-9-13(11)16-2/h5-10H,4H2,1-3H3. The van der Waals surface area contributed by atoms with Gasteiger partial charge in [0.1, 0.15) is 5.75 Å². The maximum Gasteiger partial charge on any atom is 0.229 e. The molecule has 3 nitrogen and oxygen atoms in total. The van der Waals surface area contributed by atoms with Crippen LogP contribution in [-0.4, -0.2) is 20.4 Å². The largest absolute Gasteiger partial charge is 0.496 e. The van der Waals surface area contributed by atoms with Crippen LogP contribution in [-0.2, 0) is 9.09 Å². The van der Waals surface area contributed by atoms with Crippen LogP contribution in [0.1, 0.15) is 6.92 Å². The lowest BCUT2D eigenvalue weighted by molar-refractivity contribution is 0.345. The molecule has 0 fully saturated rings. The minimum absolute atomic E-state index is 0.439. The second-order valence-corrected chi connectivity index (χ2v) is 6.53. The first-order valence-electron chi connectivity index (χ1n) is 5.88. The Hall–Kier alpha value is -1.31. The summed E-state index contributed by atoms with van der Waals surface area (Å²) in [6.07, 6.45) is 0. The second-order valence-electron chi connectivity index (χ2n) is 4.10. The van der Waals surface area contributed by atoms with E-state index in [0.717, 1.165) is 21.8 Å². The molecule has 0 aromatic heterocycles. The number of hydrogen-bond acceptors (Lipinski definition) is 3. The van der Waals surface area contributed by atoms with Gasteiger partial charge in [0.15, 0.2) is 0 Å². The van der Waals surface area contributed by atoms with Crippen molar-refractivity contribution in [2.24, 2.45) is 0 Å². The second kappa shape index (κ2) is 5.13. The molecule has 0 N–H and O–H groups in total. The minimum atomic E-state index is -2.78. The third-order valence-electron chi connectivity index (χ3n) is 2.89. The summed E-state index contributed by atoms with van der Waals surface area (Å²) in [7, 11) is -1.14. The van der Waals surface area contributed by atoms with Crippen molar-refractivity contribution in [3.8, 4) is 5.75 Å². The molecule has 96 valence electrons. The van der Waals surface area contributed by atoms with Crippen LogP contribution in [0.25, 0.3) is 10.8 Å². The lowest BCUT2D eigenvalue weighted by Crippen LogP contribution is -2.08. The third-order valence-corrected chi connectivity index (χ3v) is 4.91. The van der Waals surface area contributed by atoms with E-state index >= 15 is 0 Å². The van der Waals surface area contributed by atoms with Crippen LogP contribution in [0.5, 0.6) is 5.75 Å². The van der Waals surface area contributed by atoms with Crippen LogP contribution < -0.4 is 10.0 Å².